The summed E-state index contributed by atoms with van der Waals surface area (Å²) in [6.07, 6.45) is 1.24. The number of methoxy groups -OCH3 is 1. The lowest BCUT2D eigenvalue weighted by molar-refractivity contribution is 0.0933. The van der Waals surface area contributed by atoms with Crippen LogP contribution in [-0.2, 0) is 0 Å². The van der Waals surface area contributed by atoms with E-state index >= 15 is 0 Å². The Bertz CT molecular complexity index is 1050. The van der Waals surface area contributed by atoms with Crippen LogP contribution in [-0.4, -0.2) is 23.9 Å². The molecule has 7 nitrogen and oxygen atoms in total. The first-order chi connectivity index (χ1) is 13.9. The second-order valence-corrected chi connectivity index (χ2v) is 6.79. The molecule has 0 unspecified atom stereocenters. The molecule has 0 saturated carbocycles. The van der Waals surface area contributed by atoms with E-state index in [2.05, 4.69) is 15.6 Å². The highest BCUT2D eigenvalue weighted by molar-refractivity contribution is 6.31. The largest absolute Gasteiger partial charge is 0.495 e. The number of anilines is 1. The molecular weight excluding hydrogens is 394 g/mol. The molecular formula is C21H20ClN3O4. The Labute approximate surface area is 173 Å². The molecule has 8 heteroatoms. The summed E-state index contributed by atoms with van der Waals surface area (Å²) < 4.78 is 10.6. The normalized spacial score (nSPS) is 11.6. The van der Waals surface area contributed by atoms with Crippen LogP contribution in [0.5, 0.6) is 5.75 Å². The third-order valence-corrected chi connectivity index (χ3v) is 4.67. The van der Waals surface area contributed by atoms with Gasteiger partial charge in [-0.25, -0.2) is 4.98 Å². The fourth-order valence-electron chi connectivity index (χ4n) is 2.60. The van der Waals surface area contributed by atoms with Crippen molar-refractivity contribution >= 4 is 29.1 Å². The molecule has 1 heterocycles. The van der Waals surface area contributed by atoms with Gasteiger partial charge in [0.05, 0.1) is 12.8 Å². The first-order valence-electron chi connectivity index (χ1n) is 8.86. The number of oxazole rings is 1. The van der Waals surface area contributed by atoms with Crippen molar-refractivity contribution < 1.29 is 18.7 Å². The van der Waals surface area contributed by atoms with E-state index in [0.717, 1.165) is 5.56 Å². The van der Waals surface area contributed by atoms with Gasteiger partial charge >= 0.3 is 0 Å². The van der Waals surface area contributed by atoms with Crippen molar-refractivity contribution in [3.8, 4) is 5.75 Å². The molecule has 0 aliphatic heterocycles. The lowest BCUT2D eigenvalue weighted by atomic mass is 10.1. The minimum absolute atomic E-state index is 0.0883. The SMILES string of the molecule is COc1ccccc1NC(=O)c1coc([C@H](C)NC(=O)c2ccc(C)c(Cl)c2)n1. The number of ether oxygens (including phenoxy) is 1. The molecule has 2 amide bonds. The van der Waals surface area contributed by atoms with Crippen molar-refractivity contribution in [1.29, 1.82) is 0 Å². The fourth-order valence-corrected chi connectivity index (χ4v) is 2.78. The summed E-state index contributed by atoms with van der Waals surface area (Å²) in [6.45, 7) is 3.57. The number of hydrogen-bond acceptors (Lipinski definition) is 5. The van der Waals surface area contributed by atoms with E-state index < -0.39 is 11.9 Å². The van der Waals surface area contributed by atoms with Gasteiger partial charge in [0.25, 0.3) is 11.8 Å². The van der Waals surface area contributed by atoms with Gasteiger partial charge in [0.1, 0.15) is 18.1 Å². The van der Waals surface area contributed by atoms with Crippen molar-refractivity contribution in [2.24, 2.45) is 0 Å². The lowest BCUT2D eigenvalue weighted by Gasteiger charge is -2.11. The number of amides is 2. The average molecular weight is 414 g/mol. The summed E-state index contributed by atoms with van der Waals surface area (Å²) in [6, 6.07) is 11.5. The van der Waals surface area contributed by atoms with Crippen LogP contribution in [0.15, 0.2) is 53.1 Å². The highest BCUT2D eigenvalue weighted by atomic mass is 35.5. The monoisotopic (exact) mass is 413 g/mol. The topological polar surface area (TPSA) is 93.5 Å². The van der Waals surface area contributed by atoms with Gasteiger partial charge in [-0.3, -0.25) is 9.59 Å². The van der Waals surface area contributed by atoms with Crippen molar-refractivity contribution in [1.82, 2.24) is 10.3 Å². The molecule has 1 atom stereocenters. The van der Waals surface area contributed by atoms with Crippen LogP contribution in [0.25, 0.3) is 0 Å². The Morgan fingerprint density at radius 2 is 1.93 bits per heavy atom. The Morgan fingerprint density at radius 1 is 1.17 bits per heavy atom. The van der Waals surface area contributed by atoms with E-state index in [1.165, 1.54) is 13.4 Å². The molecule has 0 aliphatic rings. The number of halogens is 1. The number of carbonyl (C=O) groups is 2. The third kappa shape index (κ3) is 4.75. The molecule has 0 aliphatic carbocycles. The first-order valence-corrected chi connectivity index (χ1v) is 9.23. The Kier molecular flexibility index (Phi) is 6.19. The quantitative estimate of drug-likeness (QED) is 0.625. The van der Waals surface area contributed by atoms with E-state index in [4.69, 9.17) is 20.8 Å². The maximum Gasteiger partial charge on any atom is 0.277 e. The highest BCUT2D eigenvalue weighted by Gasteiger charge is 2.20. The number of carbonyl (C=O) groups excluding carboxylic acids is 2. The summed E-state index contributed by atoms with van der Waals surface area (Å²) in [4.78, 5) is 29.0. The van der Waals surface area contributed by atoms with Crippen LogP contribution in [0, 0.1) is 6.92 Å². The molecule has 150 valence electrons. The summed E-state index contributed by atoms with van der Waals surface area (Å²) in [5.74, 6) is -0.0327. The number of rotatable bonds is 6. The number of hydrogen-bond donors (Lipinski definition) is 2. The second kappa shape index (κ2) is 8.79. The van der Waals surface area contributed by atoms with Gasteiger partial charge in [0.15, 0.2) is 5.69 Å². The van der Waals surface area contributed by atoms with Crippen LogP contribution in [0.2, 0.25) is 5.02 Å². The number of aromatic nitrogens is 1. The molecule has 0 spiro atoms. The molecule has 0 radical (unpaired) electrons. The van der Waals surface area contributed by atoms with Crippen molar-refractivity contribution in [2.75, 3.05) is 12.4 Å². The molecule has 3 rings (SSSR count). The zero-order chi connectivity index (χ0) is 21.0. The van der Waals surface area contributed by atoms with Crippen LogP contribution in [0.1, 0.15) is 45.3 Å². The highest BCUT2D eigenvalue weighted by Crippen LogP contribution is 2.24. The molecule has 29 heavy (non-hydrogen) atoms. The summed E-state index contributed by atoms with van der Waals surface area (Å²) >= 11 is 6.07. The van der Waals surface area contributed by atoms with E-state index in [1.807, 2.05) is 6.92 Å². The zero-order valence-electron chi connectivity index (χ0n) is 16.2. The lowest BCUT2D eigenvalue weighted by Crippen LogP contribution is -2.27. The molecule has 0 saturated heterocycles. The fraction of sp³-hybridized carbons (Fsp3) is 0.190. The Balaban J connectivity index is 1.67. The van der Waals surface area contributed by atoms with E-state index in [0.29, 0.717) is 22.0 Å². The number of aryl methyl sites for hydroxylation is 1. The van der Waals surface area contributed by atoms with Crippen LogP contribution in [0.3, 0.4) is 0 Å². The van der Waals surface area contributed by atoms with Gasteiger partial charge in [0, 0.05) is 10.6 Å². The van der Waals surface area contributed by atoms with Gasteiger partial charge in [-0.2, -0.15) is 0 Å². The number of nitrogens with zero attached hydrogens (tertiary/aromatic N) is 1. The van der Waals surface area contributed by atoms with Crippen LogP contribution < -0.4 is 15.4 Å². The summed E-state index contributed by atoms with van der Waals surface area (Å²) in [5.41, 5.74) is 1.91. The van der Waals surface area contributed by atoms with Gasteiger partial charge in [0.2, 0.25) is 5.89 Å². The number of nitrogens with one attached hydrogen (secondary N) is 2. The van der Waals surface area contributed by atoms with Gasteiger partial charge in [-0.15, -0.1) is 0 Å². The van der Waals surface area contributed by atoms with Crippen molar-refractivity contribution in [3.63, 3.8) is 0 Å². The van der Waals surface area contributed by atoms with Crippen LogP contribution >= 0.6 is 11.6 Å². The van der Waals surface area contributed by atoms with E-state index in [9.17, 15) is 9.59 Å². The maximum absolute atomic E-state index is 12.4. The Morgan fingerprint density at radius 3 is 2.66 bits per heavy atom. The smallest absolute Gasteiger partial charge is 0.277 e. The minimum atomic E-state index is -0.546. The summed E-state index contributed by atoms with van der Waals surface area (Å²) in [5, 5.41) is 6.00. The second-order valence-electron chi connectivity index (χ2n) is 6.38. The van der Waals surface area contributed by atoms with Gasteiger partial charge in [-0.1, -0.05) is 29.8 Å². The van der Waals surface area contributed by atoms with Gasteiger partial charge < -0.3 is 19.8 Å². The predicted octanol–water partition coefficient (Wildman–Crippen LogP) is 4.39. The summed E-state index contributed by atoms with van der Waals surface area (Å²) in [7, 11) is 1.52. The van der Waals surface area contributed by atoms with Crippen molar-refractivity contribution in [3.05, 3.63) is 76.5 Å². The molecule has 2 N–H and O–H groups in total. The van der Waals surface area contributed by atoms with E-state index in [1.54, 1.807) is 49.4 Å². The molecule has 3 aromatic rings. The van der Waals surface area contributed by atoms with Gasteiger partial charge in [-0.05, 0) is 43.7 Å². The maximum atomic E-state index is 12.4. The first kappa shape index (κ1) is 20.4. The molecule has 2 aromatic carbocycles. The zero-order valence-corrected chi connectivity index (χ0v) is 16.9. The van der Waals surface area contributed by atoms with E-state index in [-0.39, 0.29) is 17.5 Å². The standard InChI is InChI=1S/C21H20ClN3O4/c1-12-8-9-14(10-15(12)22)19(26)23-13(2)21-25-17(11-29-21)20(27)24-16-6-4-5-7-18(16)28-3/h4-11,13H,1-3H3,(H,23,26)(H,24,27)/t13-/m0/s1. The molecule has 1 aromatic heterocycles. The number of para-hydroxylation sites is 2. The van der Waals surface area contributed by atoms with Crippen LogP contribution in [0.4, 0.5) is 5.69 Å². The Hall–Kier alpha value is -3.32. The van der Waals surface area contributed by atoms with Crippen molar-refractivity contribution in [2.45, 2.75) is 19.9 Å². The average Bonchev–Trinajstić information content (AvgIpc) is 3.21. The third-order valence-electron chi connectivity index (χ3n) is 4.26. The molecule has 0 bridgehead atoms. The number of benzene rings is 2. The predicted molar refractivity (Wildman–Crippen MR) is 110 cm³/mol. The minimum Gasteiger partial charge on any atom is -0.495 e. The molecule has 0 fully saturated rings.